The average Bonchev–Trinajstić information content (AvgIpc) is 2.39. The standard InChI is InChI=1S/C11H15FN4O3/c12-7-2-1-6(8(3-7)10(13)16-19)4-15-5-9(17)11(14)18/h1-3,9,15,17,19H,4-5H2,(H2,13,16)(H2,14,18). The summed E-state index contributed by atoms with van der Waals surface area (Å²) in [7, 11) is 0. The van der Waals surface area contributed by atoms with Gasteiger partial charge in [0.05, 0.1) is 0 Å². The normalized spacial score (nSPS) is 13.3. The van der Waals surface area contributed by atoms with Crippen molar-refractivity contribution in [2.75, 3.05) is 6.54 Å². The van der Waals surface area contributed by atoms with Crippen LogP contribution in [0.5, 0.6) is 0 Å². The topological polar surface area (TPSA) is 134 Å². The van der Waals surface area contributed by atoms with Crippen molar-refractivity contribution < 1.29 is 19.5 Å². The van der Waals surface area contributed by atoms with E-state index in [4.69, 9.17) is 16.7 Å². The molecule has 1 atom stereocenters. The maximum absolute atomic E-state index is 13.1. The van der Waals surface area contributed by atoms with Crippen LogP contribution < -0.4 is 16.8 Å². The first-order chi connectivity index (χ1) is 8.95. The molecular formula is C11H15FN4O3. The molecule has 0 aliphatic carbocycles. The van der Waals surface area contributed by atoms with E-state index >= 15 is 0 Å². The Balaban J connectivity index is 2.76. The van der Waals surface area contributed by atoms with Gasteiger partial charge in [0.2, 0.25) is 5.91 Å². The first kappa shape index (κ1) is 14.9. The number of nitrogens with two attached hydrogens (primary N) is 2. The third-order valence-corrected chi connectivity index (χ3v) is 2.44. The second-order valence-corrected chi connectivity index (χ2v) is 3.84. The van der Waals surface area contributed by atoms with Gasteiger partial charge in [-0.05, 0) is 17.7 Å². The third kappa shape index (κ3) is 4.19. The molecule has 0 saturated carbocycles. The summed E-state index contributed by atoms with van der Waals surface area (Å²) in [6.07, 6.45) is -1.31. The number of amidine groups is 1. The van der Waals surface area contributed by atoms with Crippen LogP contribution in [0.2, 0.25) is 0 Å². The molecule has 0 saturated heterocycles. The van der Waals surface area contributed by atoms with Gasteiger partial charge in [-0.1, -0.05) is 11.2 Å². The van der Waals surface area contributed by atoms with Gasteiger partial charge in [-0.25, -0.2) is 4.39 Å². The van der Waals surface area contributed by atoms with Crippen molar-refractivity contribution in [2.24, 2.45) is 16.6 Å². The molecule has 1 unspecified atom stereocenters. The first-order valence-corrected chi connectivity index (χ1v) is 5.40. The molecule has 0 spiro atoms. The number of oxime groups is 1. The average molecular weight is 270 g/mol. The third-order valence-electron chi connectivity index (χ3n) is 2.44. The van der Waals surface area contributed by atoms with Crippen molar-refractivity contribution in [3.05, 3.63) is 35.1 Å². The first-order valence-electron chi connectivity index (χ1n) is 5.40. The number of hydrogen-bond donors (Lipinski definition) is 5. The molecule has 0 bridgehead atoms. The van der Waals surface area contributed by atoms with Crippen molar-refractivity contribution in [1.82, 2.24) is 5.32 Å². The number of carbonyl (C=O) groups excluding carboxylic acids is 1. The lowest BCUT2D eigenvalue weighted by Crippen LogP contribution is -2.37. The molecule has 19 heavy (non-hydrogen) atoms. The van der Waals surface area contributed by atoms with Crippen LogP contribution in [0.3, 0.4) is 0 Å². The van der Waals surface area contributed by atoms with Crippen molar-refractivity contribution >= 4 is 11.7 Å². The number of aliphatic hydroxyl groups excluding tert-OH is 1. The van der Waals surface area contributed by atoms with Gasteiger partial charge in [0.1, 0.15) is 11.9 Å². The van der Waals surface area contributed by atoms with Crippen LogP contribution in [0.25, 0.3) is 0 Å². The molecule has 1 aromatic carbocycles. The molecule has 104 valence electrons. The van der Waals surface area contributed by atoms with E-state index in [1.54, 1.807) is 0 Å². The number of primary amides is 1. The Morgan fingerprint density at radius 3 is 2.74 bits per heavy atom. The number of carbonyl (C=O) groups is 1. The Kier molecular flexibility index (Phi) is 5.22. The lowest BCUT2D eigenvalue weighted by atomic mass is 10.1. The highest BCUT2D eigenvalue weighted by Crippen LogP contribution is 2.11. The van der Waals surface area contributed by atoms with Gasteiger partial charge in [-0.15, -0.1) is 0 Å². The quantitative estimate of drug-likeness (QED) is 0.193. The Labute approximate surface area is 108 Å². The molecule has 1 aromatic rings. The molecule has 7 N–H and O–H groups in total. The SMILES string of the molecule is NC(=O)C(O)CNCc1ccc(F)cc1/C(N)=N/O. The van der Waals surface area contributed by atoms with E-state index in [-0.39, 0.29) is 24.5 Å². The molecule has 0 aliphatic rings. The van der Waals surface area contributed by atoms with Gasteiger partial charge in [0, 0.05) is 18.7 Å². The van der Waals surface area contributed by atoms with Gasteiger partial charge in [0.15, 0.2) is 5.84 Å². The maximum atomic E-state index is 13.1. The zero-order valence-corrected chi connectivity index (χ0v) is 10.0. The van der Waals surface area contributed by atoms with Crippen molar-refractivity contribution in [2.45, 2.75) is 12.6 Å². The monoisotopic (exact) mass is 270 g/mol. The number of rotatable bonds is 6. The van der Waals surface area contributed by atoms with Crippen molar-refractivity contribution in [1.29, 1.82) is 0 Å². The van der Waals surface area contributed by atoms with E-state index in [1.807, 2.05) is 0 Å². The summed E-state index contributed by atoms with van der Waals surface area (Å²) in [6.45, 7) is 0.137. The van der Waals surface area contributed by atoms with Gasteiger partial charge in [0.25, 0.3) is 0 Å². The highest BCUT2D eigenvalue weighted by molar-refractivity contribution is 5.98. The van der Waals surface area contributed by atoms with Crippen LogP contribution in [-0.2, 0) is 11.3 Å². The van der Waals surface area contributed by atoms with Crippen LogP contribution in [0.1, 0.15) is 11.1 Å². The zero-order valence-electron chi connectivity index (χ0n) is 10.0. The molecule has 0 aromatic heterocycles. The molecule has 0 aliphatic heterocycles. The number of nitrogens with zero attached hydrogens (tertiary/aromatic N) is 1. The molecule has 0 fully saturated rings. The van der Waals surface area contributed by atoms with Gasteiger partial charge in [-0.2, -0.15) is 0 Å². The Bertz CT molecular complexity index is 493. The Morgan fingerprint density at radius 2 is 2.16 bits per heavy atom. The van der Waals surface area contributed by atoms with E-state index in [1.165, 1.54) is 12.1 Å². The Hall–Kier alpha value is -2.19. The summed E-state index contributed by atoms with van der Waals surface area (Å²) >= 11 is 0. The van der Waals surface area contributed by atoms with E-state index in [0.717, 1.165) is 6.07 Å². The van der Waals surface area contributed by atoms with Crippen LogP contribution in [0, 0.1) is 5.82 Å². The lowest BCUT2D eigenvalue weighted by Gasteiger charge is -2.11. The van der Waals surface area contributed by atoms with Gasteiger partial charge >= 0.3 is 0 Å². The fourth-order valence-corrected chi connectivity index (χ4v) is 1.44. The Morgan fingerprint density at radius 1 is 1.47 bits per heavy atom. The predicted octanol–water partition coefficient (Wildman–Crippen LogP) is -1.14. The van der Waals surface area contributed by atoms with Crippen LogP contribution in [-0.4, -0.2) is 34.7 Å². The molecule has 0 radical (unpaired) electrons. The van der Waals surface area contributed by atoms with Crippen LogP contribution in [0.15, 0.2) is 23.4 Å². The van der Waals surface area contributed by atoms with E-state index in [0.29, 0.717) is 5.56 Å². The predicted molar refractivity (Wildman–Crippen MR) is 65.8 cm³/mol. The summed E-state index contributed by atoms with van der Waals surface area (Å²) in [6, 6.07) is 3.79. The van der Waals surface area contributed by atoms with E-state index < -0.39 is 17.8 Å². The minimum absolute atomic E-state index is 0.0533. The molecule has 8 heteroatoms. The van der Waals surface area contributed by atoms with Gasteiger partial charge in [-0.3, -0.25) is 4.79 Å². The molecule has 1 rings (SSSR count). The number of benzene rings is 1. The summed E-state index contributed by atoms with van der Waals surface area (Å²) in [5.74, 6) is -1.60. The summed E-state index contributed by atoms with van der Waals surface area (Å²) in [4.78, 5) is 10.6. The number of aliphatic hydroxyl groups is 1. The smallest absolute Gasteiger partial charge is 0.247 e. The number of hydrogen-bond acceptors (Lipinski definition) is 5. The van der Waals surface area contributed by atoms with E-state index in [9.17, 15) is 14.3 Å². The van der Waals surface area contributed by atoms with Crippen LogP contribution >= 0.6 is 0 Å². The van der Waals surface area contributed by atoms with Crippen LogP contribution in [0.4, 0.5) is 4.39 Å². The lowest BCUT2D eigenvalue weighted by molar-refractivity contribution is -0.125. The minimum atomic E-state index is -1.31. The summed E-state index contributed by atoms with van der Waals surface area (Å²) in [5.41, 5.74) is 11.1. The minimum Gasteiger partial charge on any atom is -0.409 e. The highest BCUT2D eigenvalue weighted by Gasteiger charge is 2.12. The number of nitrogens with one attached hydrogen (secondary N) is 1. The summed E-state index contributed by atoms with van der Waals surface area (Å²) < 4.78 is 13.1. The zero-order chi connectivity index (χ0) is 14.4. The molecular weight excluding hydrogens is 255 g/mol. The maximum Gasteiger partial charge on any atom is 0.247 e. The second-order valence-electron chi connectivity index (χ2n) is 3.84. The van der Waals surface area contributed by atoms with E-state index in [2.05, 4.69) is 10.5 Å². The number of amides is 1. The number of halogens is 1. The fraction of sp³-hybridized carbons (Fsp3) is 0.273. The van der Waals surface area contributed by atoms with Crippen molar-refractivity contribution in [3.8, 4) is 0 Å². The van der Waals surface area contributed by atoms with Gasteiger partial charge < -0.3 is 27.1 Å². The molecule has 0 heterocycles. The largest absolute Gasteiger partial charge is 0.409 e. The van der Waals surface area contributed by atoms with Crippen molar-refractivity contribution in [3.63, 3.8) is 0 Å². The summed E-state index contributed by atoms with van der Waals surface area (Å²) in [5, 5.41) is 23.4. The molecule has 1 amide bonds. The molecule has 7 nitrogen and oxygen atoms in total. The fourth-order valence-electron chi connectivity index (χ4n) is 1.44. The highest BCUT2D eigenvalue weighted by atomic mass is 19.1. The second kappa shape index (κ2) is 6.66.